The molecular weight excluding hydrogens is 631 g/mol. The molecule has 47 heavy (non-hydrogen) atoms. The molecule has 3 amide bonds. The van der Waals surface area contributed by atoms with Crippen LogP contribution in [0.5, 0.6) is 0 Å². The minimum Gasteiger partial charge on any atom is -0.448 e. The summed E-state index contributed by atoms with van der Waals surface area (Å²) in [4.78, 5) is 52.3. The van der Waals surface area contributed by atoms with E-state index in [0.717, 1.165) is 60.5 Å². The molecule has 2 aromatic carbocycles. The zero-order chi connectivity index (χ0) is 33.0. The van der Waals surface area contributed by atoms with Gasteiger partial charge in [-0.2, -0.15) is 0 Å². The third kappa shape index (κ3) is 9.48. The summed E-state index contributed by atoms with van der Waals surface area (Å²) in [6, 6.07) is 19.3. The van der Waals surface area contributed by atoms with Gasteiger partial charge in [0.2, 0.25) is 5.91 Å². The number of rotatable bonds is 12. The Kier molecular flexibility index (Phi) is 12.5. The van der Waals surface area contributed by atoms with Crippen LogP contribution >= 0.6 is 21.6 Å². The number of alkyl carbamates (subject to hydrolysis) is 1. The van der Waals surface area contributed by atoms with E-state index >= 15 is 0 Å². The van der Waals surface area contributed by atoms with Gasteiger partial charge in [-0.3, -0.25) is 14.9 Å². The molecule has 2 aliphatic heterocycles. The Morgan fingerprint density at radius 2 is 1.70 bits per heavy atom. The second-order valence-electron chi connectivity index (χ2n) is 11.4. The van der Waals surface area contributed by atoms with Gasteiger partial charge in [0.1, 0.15) is 17.5 Å². The molecule has 3 aromatic rings. The van der Waals surface area contributed by atoms with Crippen molar-refractivity contribution >= 4 is 57.1 Å². The third-order valence-corrected chi connectivity index (χ3v) is 10.0. The molecule has 3 heterocycles. The van der Waals surface area contributed by atoms with E-state index in [-0.39, 0.29) is 24.8 Å². The number of nitrogens with zero attached hydrogens (tertiary/aromatic N) is 4. The number of ether oxygens (including phenoxy) is 1. The topological polar surface area (TPSA) is 104 Å². The van der Waals surface area contributed by atoms with Crippen molar-refractivity contribution in [3.8, 4) is 11.1 Å². The van der Waals surface area contributed by atoms with E-state index in [4.69, 9.17) is 9.73 Å². The smallest absolute Gasteiger partial charge is 0.412 e. The van der Waals surface area contributed by atoms with E-state index < -0.39 is 6.09 Å². The van der Waals surface area contributed by atoms with E-state index in [0.29, 0.717) is 41.5 Å². The highest BCUT2D eigenvalue weighted by atomic mass is 33.1. The predicted octanol–water partition coefficient (Wildman–Crippen LogP) is 7.62. The average Bonchev–Trinajstić information content (AvgIpc) is 3.57. The van der Waals surface area contributed by atoms with E-state index in [9.17, 15) is 14.4 Å². The number of hydrogen-bond donors (Lipinski definition) is 1. The Balaban J connectivity index is 1.33. The molecule has 0 radical (unpaired) electrons. The summed E-state index contributed by atoms with van der Waals surface area (Å²) in [5, 5.41) is 3.70. The lowest BCUT2D eigenvalue weighted by Gasteiger charge is -2.23. The molecule has 0 atom stereocenters. The van der Waals surface area contributed by atoms with Gasteiger partial charge in [0.05, 0.1) is 5.69 Å². The van der Waals surface area contributed by atoms with Crippen molar-refractivity contribution in [2.75, 3.05) is 38.5 Å². The first-order valence-corrected chi connectivity index (χ1v) is 18.5. The Hall–Kier alpha value is -4.09. The lowest BCUT2D eigenvalue weighted by atomic mass is 9.99. The van der Waals surface area contributed by atoms with Crippen LogP contribution in [0.15, 0.2) is 82.5 Å². The zero-order valence-corrected chi connectivity index (χ0v) is 28.6. The van der Waals surface area contributed by atoms with Gasteiger partial charge in [-0.15, -0.1) is 0 Å². The molecule has 1 saturated heterocycles. The summed E-state index contributed by atoms with van der Waals surface area (Å²) in [7, 11) is 3.08. The highest BCUT2D eigenvalue weighted by molar-refractivity contribution is 8.76. The number of nitrogens with one attached hydrogen (secondary N) is 1. The number of hydrogen-bond acceptors (Lipinski definition) is 8. The van der Waals surface area contributed by atoms with Crippen molar-refractivity contribution in [2.24, 2.45) is 4.99 Å². The predicted molar refractivity (Wildman–Crippen MR) is 191 cm³/mol. The lowest BCUT2D eigenvalue weighted by molar-refractivity contribution is -0.127. The monoisotopic (exact) mass is 671 g/mol. The van der Waals surface area contributed by atoms with Gasteiger partial charge in [-0.05, 0) is 84.0 Å². The SMILES string of the molecule is CCCN(CCC)C(=O)C1=Cc2ccc(-c3ccc(C(=O)N4CCCC4)cc3)cc2N=C(NC(=O)OCCSSc2ccccn2)C1. The maximum Gasteiger partial charge on any atom is 0.412 e. The number of likely N-dealkylation sites (tertiary alicyclic amines) is 1. The molecule has 2 aliphatic rings. The Bertz CT molecular complexity index is 1600. The summed E-state index contributed by atoms with van der Waals surface area (Å²) >= 11 is 0. The van der Waals surface area contributed by atoms with Crippen LogP contribution in [0.3, 0.4) is 0 Å². The van der Waals surface area contributed by atoms with E-state index in [2.05, 4.69) is 24.1 Å². The van der Waals surface area contributed by atoms with Gasteiger partial charge in [0, 0.05) is 61.2 Å². The van der Waals surface area contributed by atoms with Crippen molar-refractivity contribution in [3.63, 3.8) is 0 Å². The molecule has 9 nitrogen and oxygen atoms in total. The maximum atomic E-state index is 13.7. The van der Waals surface area contributed by atoms with Crippen LogP contribution in [-0.4, -0.2) is 77.1 Å². The summed E-state index contributed by atoms with van der Waals surface area (Å²) in [5.74, 6) is 0.939. The van der Waals surface area contributed by atoms with Crippen molar-refractivity contribution < 1.29 is 19.1 Å². The van der Waals surface area contributed by atoms with Crippen LogP contribution in [-0.2, 0) is 9.53 Å². The molecule has 1 fully saturated rings. The number of carbonyl (C=O) groups excluding carboxylic acids is 3. The number of fused-ring (bicyclic) bond motifs is 1. The first-order chi connectivity index (χ1) is 22.9. The minimum atomic E-state index is -0.615. The number of aromatic nitrogens is 1. The molecule has 1 aromatic heterocycles. The second kappa shape index (κ2) is 17.2. The van der Waals surface area contributed by atoms with Crippen molar-refractivity contribution in [1.82, 2.24) is 20.1 Å². The number of amides is 3. The molecule has 0 saturated carbocycles. The number of aliphatic imine (C=N–C) groups is 1. The highest BCUT2D eigenvalue weighted by Crippen LogP contribution is 2.33. The van der Waals surface area contributed by atoms with Crippen LogP contribution in [0, 0.1) is 0 Å². The minimum absolute atomic E-state index is 0.0605. The van der Waals surface area contributed by atoms with E-state index in [1.807, 2.05) is 76.5 Å². The maximum absolute atomic E-state index is 13.7. The van der Waals surface area contributed by atoms with E-state index in [1.54, 1.807) is 17.0 Å². The van der Waals surface area contributed by atoms with Gasteiger partial charge < -0.3 is 14.5 Å². The Morgan fingerprint density at radius 1 is 0.957 bits per heavy atom. The van der Waals surface area contributed by atoms with Crippen LogP contribution in [0.2, 0.25) is 0 Å². The fraction of sp³-hybridized carbons (Fsp3) is 0.361. The molecule has 0 unspecified atom stereocenters. The molecular formula is C36H41N5O4S2. The lowest BCUT2D eigenvalue weighted by Crippen LogP contribution is -2.36. The molecule has 0 spiro atoms. The molecule has 11 heteroatoms. The van der Waals surface area contributed by atoms with Gasteiger partial charge in [0.15, 0.2) is 0 Å². The molecule has 1 N–H and O–H groups in total. The molecule has 5 rings (SSSR count). The first-order valence-electron chi connectivity index (χ1n) is 16.2. The van der Waals surface area contributed by atoms with Crippen LogP contribution in [0.25, 0.3) is 17.2 Å². The standard InChI is InChI=1S/C36H41N5O4S2/c1-3-17-40(18-4-2)35(43)30-23-29-15-14-28(26-10-12-27(13-11-26)34(42)41-19-7-8-20-41)24-31(29)38-32(25-30)39-36(44)45-21-22-46-47-33-9-5-6-16-37-33/h5-6,9-16,23-24H,3-4,7-8,17-22,25H2,1-2H3,(H,38,39,44). The number of pyridine rings is 1. The summed E-state index contributed by atoms with van der Waals surface area (Å²) in [6.45, 7) is 7.25. The highest BCUT2D eigenvalue weighted by Gasteiger charge is 2.24. The quantitative estimate of drug-likeness (QED) is 0.156. The number of carbonyl (C=O) groups is 3. The van der Waals surface area contributed by atoms with Crippen molar-refractivity contribution in [1.29, 1.82) is 0 Å². The van der Waals surface area contributed by atoms with Crippen LogP contribution in [0.1, 0.15) is 61.9 Å². The zero-order valence-electron chi connectivity index (χ0n) is 26.9. The third-order valence-electron chi connectivity index (χ3n) is 7.81. The first kappa shape index (κ1) is 34.3. The van der Waals surface area contributed by atoms with E-state index in [1.165, 1.54) is 10.8 Å². The summed E-state index contributed by atoms with van der Waals surface area (Å²) in [6.07, 6.45) is 6.98. The van der Waals surface area contributed by atoms with Gasteiger partial charge in [0.25, 0.3) is 5.91 Å². The fourth-order valence-electron chi connectivity index (χ4n) is 5.54. The van der Waals surface area contributed by atoms with Crippen LogP contribution < -0.4 is 5.32 Å². The molecule has 0 bridgehead atoms. The number of amidine groups is 1. The second-order valence-corrected chi connectivity index (χ2v) is 13.8. The largest absolute Gasteiger partial charge is 0.448 e. The Morgan fingerprint density at radius 3 is 2.40 bits per heavy atom. The summed E-state index contributed by atoms with van der Waals surface area (Å²) < 4.78 is 5.46. The average molecular weight is 672 g/mol. The normalized spacial score (nSPS) is 14.0. The van der Waals surface area contributed by atoms with Gasteiger partial charge in [-0.25, -0.2) is 14.8 Å². The summed E-state index contributed by atoms with van der Waals surface area (Å²) in [5.41, 5.74) is 4.52. The molecule has 246 valence electrons. The van der Waals surface area contributed by atoms with Crippen molar-refractivity contribution in [3.05, 3.63) is 83.6 Å². The Labute approximate surface area is 284 Å². The fourth-order valence-corrected chi connectivity index (χ4v) is 7.25. The molecule has 0 aliphatic carbocycles. The number of benzene rings is 2. The van der Waals surface area contributed by atoms with Gasteiger partial charge >= 0.3 is 6.09 Å². The van der Waals surface area contributed by atoms with Crippen molar-refractivity contribution in [2.45, 2.75) is 51.0 Å². The van der Waals surface area contributed by atoms with Crippen LogP contribution in [0.4, 0.5) is 10.5 Å². The van der Waals surface area contributed by atoms with Gasteiger partial charge in [-0.1, -0.05) is 55.0 Å².